The van der Waals surface area contributed by atoms with Gasteiger partial charge in [-0.15, -0.1) is 0 Å². The van der Waals surface area contributed by atoms with Gasteiger partial charge in [0.15, 0.2) is 6.10 Å². The first kappa shape index (κ1) is 65.3. The molecule has 0 aliphatic carbocycles. The number of esters is 3. The number of hydrogen-bond donors (Lipinski definition) is 0. The summed E-state index contributed by atoms with van der Waals surface area (Å²) in [6.07, 6.45) is 61.2. The molecule has 7 heteroatoms. The van der Waals surface area contributed by atoms with E-state index in [0.717, 1.165) is 77.0 Å². The van der Waals surface area contributed by atoms with Crippen molar-refractivity contribution in [3.63, 3.8) is 0 Å². The minimum absolute atomic E-state index is 0. The maximum Gasteiger partial charge on any atom is 1.00 e. The van der Waals surface area contributed by atoms with Crippen molar-refractivity contribution in [1.29, 1.82) is 0 Å². The SMILES string of the molecule is CCCCCCCC/C=C/CCCCCCCC(=O)OCC(COC(=O)CCCCCCC/C=C/CCCCCCCC)OC(=O)CCCCCCC/C=C/CCCCCCCC.[H-].[K+]. The van der Waals surface area contributed by atoms with Crippen LogP contribution < -0.4 is 51.4 Å². The number of hydrogen-bond acceptors (Lipinski definition) is 6. The zero-order valence-electron chi connectivity index (χ0n) is 44.1. The summed E-state index contributed by atoms with van der Waals surface area (Å²) >= 11 is 0. The molecule has 0 saturated heterocycles. The summed E-state index contributed by atoms with van der Waals surface area (Å²) < 4.78 is 16.8. The van der Waals surface area contributed by atoms with Gasteiger partial charge < -0.3 is 15.6 Å². The molecule has 0 aliphatic rings. The van der Waals surface area contributed by atoms with Crippen LogP contribution in [0, 0.1) is 0 Å². The third kappa shape index (κ3) is 53.9. The van der Waals surface area contributed by atoms with Crippen LogP contribution in [0.4, 0.5) is 0 Å². The zero-order valence-corrected chi connectivity index (χ0v) is 46.2. The Balaban J connectivity index is -0.0000192. The molecule has 0 radical (unpaired) electrons. The minimum Gasteiger partial charge on any atom is -1.00 e. The average molecular weight is 926 g/mol. The number of unbranched alkanes of at least 4 members (excludes halogenated alkanes) is 33. The van der Waals surface area contributed by atoms with Crippen molar-refractivity contribution in [2.75, 3.05) is 13.2 Å². The van der Waals surface area contributed by atoms with Gasteiger partial charge in [-0.05, 0) is 96.3 Å². The second-order valence-corrected chi connectivity index (χ2v) is 18.5. The Morgan fingerprint density at radius 1 is 0.328 bits per heavy atom. The molecular weight excluding hydrogens is 820 g/mol. The summed E-state index contributed by atoms with van der Waals surface area (Å²) in [7, 11) is 0. The topological polar surface area (TPSA) is 78.9 Å². The molecule has 0 saturated carbocycles. The molecule has 0 aliphatic heterocycles. The van der Waals surface area contributed by atoms with Gasteiger partial charge in [-0.25, -0.2) is 0 Å². The predicted octanol–water partition coefficient (Wildman–Crippen LogP) is 15.2. The summed E-state index contributed by atoms with van der Waals surface area (Å²) in [6.45, 7) is 6.63. The number of allylic oxidation sites excluding steroid dienone is 6. The van der Waals surface area contributed by atoms with Crippen LogP contribution in [0.15, 0.2) is 36.5 Å². The summed E-state index contributed by atoms with van der Waals surface area (Å²) in [6, 6.07) is 0. The number of rotatable bonds is 50. The summed E-state index contributed by atoms with van der Waals surface area (Å²) in [5.74, 6) is -0.893. The van der Waals surface area contributed by atoms with Crippen molar-refractivity contribution in [2.24, 2.45) is 0 Å². The van der Waals surface area contributed by atoms with Crippen molar-refractivity contribution >= 4 is 17.9 Å². The summed E-state index contributed by atoms with van der Waals surface area (Å²) in [5.41, 5.74) is 0. The van der Waals surface area contributed by atoms with Gasteiger partial charge in [0.1, 0.15) is 13.2 Å². The van der Waals surface area contributed by atoms with Crippen molar-refractivity contribution in [2.45, 2.75) is 297 Å². The van der Waals surface area contributed by atoms with E-state index in [2.05, 4.69) is 57.2 Å². The standard InChI is InChI=1S/C57H104O6.K.H/c1-4-7-10-13-16-19-22-25-28-31-34-37-40-43-46-49-55(58)61-52-54(63-57(60)51-48-45-42-39-36-33-30-27-24-21-18-15-12-9-6-3)53-62-56(59)50-47-44-41-38-35-32-29-26-23-20-17-14-11-8-5-2;;/h25-30,54H,4-24,31-53H2,1-3H3;;/q;+1;-1/b28-25+,29-26+,30-27+;;. The number of carbonyl (C=O) groups excluding carboxylic acids is 3. The van der Waals surface area contributed by atoms with E-state index in [1.54, 1.807) is 0 Å². The van der Waals surface area contributed by atoms with Gasteiger partial charge in [-0.1, -0.05) is 211 Å². The van der Waals surface area contributed by atoms with Crippen LogP contribution in [0.3, 0.4) is 0 Å². The molecule has 6 nitrogen and oxygen atoms in total. The molecule has 370 valence electrons. The molecule has 0 heterocycles. The van der Waals surface area contributed by atoms with Gasteiger partial charge in [0, 0.05) is 19.3 Å². The van der Waals surface area contributed by atoms with Crippen molar-refractivity contribution in [1.82, 2.24) is 0 Å². The van der Waals surface area contributed by atoms with E-state index in [0.29, 0.717) is 19.3 Å². The van der Waals surface area contributed by atoms with Crippen LogP contribution in [-0.4, -0.2) is 37.2 Å². The predicted molar refractivity (Wildman–Crippen MR) is 271 cm³/mol. The Bertz CT molecular complexity index is 1020. The van der Waals surface area contributed by atoms with Crippen molar-refractivity contribution < 1.29 is 81.4 Å². The van der Waals surface area contributed by atoms with Crippen LogP contribution in [0.25, 0.3) is 0 Å². The monoisotopic (exact) mass is 925 g/mol. The van der Waals surface area contributed by atoms with Crippen LogP contribution in [0.5, 0.6) is 0 Å². The number of carbonyl (C=O) groups is 3. The third-order valence-corrected chi connectivity index (χ3v) is 12.1. The molecular formula is C57H105KO6. The maximum absolute atomic E-state index is 12.8. The van der Waals surface area contributed by atoms with Crippen molar-refractivity contribution in [3.8, 4) is 0 Å². The molecule has 0 amide bonds. The Morgan fingerprint density at radius 3 is 0.812 bits per heavy atom. The van der Waals surface area contributed by atoms with Gasteiger partial charge in [-0.2, -0.15) is 0 Å². The first-order valence-corrected chi connectivity index (χ1v) is 27.5. The minimum atomic E-state index is -0.781. The van der Waals surface area contributed by atoms with E-state index >= 15 is 0 Å². The Morgan fingerprint density at radius 2 is 0.547 bits per heavy atom. The molecule has 0 bridgehead atoms. The van der Waals surface area contributed by atoms with E-state index in [1.165, 1.54) is 173 Å². The molecule has 0 unspecified atom stereocenters. The van der Waals surface area contributed by atoms with Gasteiger partial charge in [0.05, 0.1) is 0 Å². The van der Waals surface area contributed by atoms with Gasteiger partial charge in [-0.3, -0.25) is 14.4 Å². The Hall–Kier alpha value is -0.734. The van der Waals surface area contributed by atoms with Crippen LogP contribution in [-0.2, 0) is 28.6 Å². The average Bonchev–Trinajstić information content (AvgIpc) is 3.28. The summed E-state index contributed by atoms with van der Waals surface area (Å²) in [5, 5.41) is 0. The van der Waals surface area contributed by atoms with E-state index in [4.69, 9.17) is 14.2 Å². The smallest absolute Gasteiger partial charge is 1.00 e. The Kier molecular flexibility index (Phi) is 57.8. The fourth-order valence-corrected chi connectivity index (χ4v) is 7.90. The largest absolute Gasteiger partial charge is 1.00 e. The quantitative estimate of drug-likeness (QED) is 0.0199. The van der Waals surface area contributed by atoms with Gasteiger partial charge in [0.2, 0.25) is 0 Å². The van der Waals surface area contributed by atoms with E-state index in [-0.39, 0.29) is 83.9 Å². The van der Waals surface area contributed by atoms with E-state index < -0.39 is 6.10 Å². The first-order valence-electron chi connectivity index (χ1n) is 27.5. The molecule has 0 rings (SSSR count). The molecule has 0 N–H and O–H groups in total. The number of ether oxygens (including phenoxy) is 3. The molecule has 0 aromatic carbocycles. The molecule has 0 fully saturated rings. The Labute approximate surface area is 441 Å². The zero-order chi connectivity index (χ0) is 45.8. The fraction of sp³-hybridized carbons (Fsp3) is 0.842. The second-order valence-electron chi connectivity index (χ2n) is 18.5. The van der Waals surface area contributed by atoms with E-state index in [1.807, 2.05) is 0 Å². The molecule has 0 aromatic heterocycles. The van der Waals surface area contributed by atoms with Gasteiger partial charge >= 0.3 is 69.3 Å². The molecule has 0 atom stereocenters. The van der Waals surface area contributed by atoms with Crippen molar-refractivity contribution in [3.05, 3.63) is 36.5 Å². The van der Waals surface area contributed by atoms with Crippen LogP contribution in [0.1, 0.15) is 292 Å². The van der Waals surface area contributed by atoms with E-state index in [9.17, 15) is 14.4 Å². The maximum atomic E-state index is 12.8. The molecule has 0 aromatic rings. The van der Waals surface area contributed by atoms with Crippen LogP contribution >= 0.6 is 0 Å². The summed E-state index contributed by atoms with van der Waals surface area (Å²) in [4.78, 5) is 38.0. The third-order valence-electron chi connectivity index (χ3n) is 12.1. The molecule has 0 spiro atoms. The van der Waals surface area contributed by atoms with Crippen LogP contribution in [0.2, 0.25) is 0 Å². The van der Waals surface area contributed by atoms with Gasteiger partial charge in [0.25, 0.3) is 0 Å². The normalized spacial score (nSPS) is 11.6. The molecule has 64 heavy (non-hydrogen) atoms. The first-order chi connectivity index (χ1) is 31.0. The second kappa shape index (κ2) is 56.6. The fourth-order valence-electron chi connectivity index (χ4n) is 7.90.